The predicted octanol–water partition coefficient (Wildman–Crippen LogP) is 2.67. The summed E-state index contributed by atoms with van der Waals surface area (Å²) in [6.45, 7) is -0.0921. The first-order valence-corrected chi connectivity index (χ1v) is 5.07. The van der Waals surface area contributed by atoms with E-state index >= 15 is 0 Å². The molecule has 5 heteroatoms. The molecule has 0 aliphatic rings. The summed E-state index contributed by atoms with van der Waals surface area (Å²) >= 11 is 11.9. The van der Waals surface area contributed by atoms with Crippen LogP contribution in [0, 0.1) is 0 Å². The molecule has 0 saturated heterocycles. The van der Waals surface area contributed by atoms with Gasteiger partial charge >= 0.3 is 0 Å². The zero-order valence-electron chi connectivity index (χ0n) is 7.69. The second-order valence-corrected chi connectivity index (χ2v) is 3.85. The Morgan fingerprint density at radius 1 is 1.27 bits per heavy atom. The van der Waals surface area contributed by atoms with Gasteiger partial charge in [-0.1, -0.05) is 23.2 Å². The standard InChI is InChI=1S/C10H8Cl2N2O/c11-7-1-2-9(12)10(5-7)14-4-3-8(6-15)13-14/h1-5,15H,6H2. The Balaban J connectivity index is 2.48. The SMILES string of the molecule is OCc1ccn(-c2cc(Cl)ccc2Cl)n1. The summed E-state index contributed by atoms with van der Waals surface area (Å²) < 4.78 is 1.58. The molecule has 78 valence electrons. The minimum Gasteiger partial charge on any atom is -0.390 e. The van der Waals surface area contributed by atoms with Crippen molar-refractivity contribution >= 4 is 23.2 Å². The molecule has 0 spiro atoms. The minimum absolute atomic E-state index is 0.0921. The quantitative estimate of drug-likeness (QED) is 0.880. The molecule has 0 aliphatic heterocycles. The minimum atomic E-state index is -0.0921. The van der Waals surface area contributed by atoms with E-state index in [9.17, 15) is 0 Å². The summed E-state index contributed by atoms with van der Waals surface area (Å²) in [5.74, 6) is 0. The van der Waals surface area contributed by atoms with Gasteiger partial charge in [-0.25, -0.2) is 4.68 Å². The Morgan fingerprint density at radius 3 is 2.73 bits per heavy atom. The smallest absolute Gasteiger partial charge is 0.0883 e. The van der Waals surface area contributed by atoms with E-state index in [1.165, 1.54) is 0 Å². The first-order valence-electron chi connectivity index (χ1n) is 4.31. The Hall–Kier alpha value is -1.03. The lowest BCUT2D eigenvalue weighted by Gasteiger charge is -2.04. The molecule has 1 N–H and O–H groups in total. The van der Waals surface area contributed by atoms with Crippen LogP contribution in [0.2, 0.25) is 10.0 Å². The van der Waals surface area contributed by atoms with E-state index in [0.29, 0.717) is 21.4 Å². The van der Waals surface area contributed by atoms with Crippen molar-refractivity contribution in [1.82, 2.24) is 9.78 Å². The molecule has 0 bridgehead atoms. The normalized spacial score (nSPS) is 10.6. The molecule has 2 rings (SSSR count). The number of hydrogen-bond acceptors (Lipinski definition) is 2. The van der Waals surface area contributed by atoms with Crippen LogP contribution in [0.25, 0.3) is 5.69 Å². The van der Waals surface area contributed by atoms with Crippen molar-refractivity contribution in [3.05, 3.63) is 46.2 Å². The van der Waals surface area contributed by atoms with E-state index in [4.69, 9.17) is 28.3 Å². The fourth-order valence-electron chi connectivity index (χ4n) is 1.24. The number of aromatic nitrogens is 2. The van der Waals surface area contributed by atoms with Crippen molar-refractivity contribution in [3.63, 3.8) is 0 Å². The van der Waals surface area contributed by atoms with E-state index in [-0.39, 0.29) is 6.61 Å². The summed E-state index contributed by atoms with van der Waals surface area (Å²) in [7, 11) is 0. The van der Waals surface area contributed by atoms with Crippen LogP contribution in [0.4, 0.5) is 0 Å². The molecule has 0 unspecified atom stereocenters. The van der Waals surface area contributed by atoms with Crippen LogP contribution in [0.15, 0.2) is 30.5 Å². The average molecular weight is 243 g/mol. The third-order valence-corrected chi connectivity index (χ3v) is 2.52. The van der Waals surface area contributed by atoms with Gasteiger partial charge in [-0.05, 0) is 24.3 Å². The zero-order valence-corrected chi connectivity index (χ0v) is 9.20. The van der Waals surface area contributed by atoms with Gasteiger partial charge in [-0.3, -0.25) is 0 Å². The number of aliphatic hydroxyl groups is 1. The maximum absolute atomic E-state index is 8.89. The molecule has 0 amide bonds. The second-order valence-electron chi connectivity index (χ2n) is 3.01. The van der Waals surface area contributed by atoms with Crippen LogP contribution in [-0.4, -0.2) is 14.9 Å². The van der Waals surface area contributed by atoms with E-state index in [0.717, 1.165) is 0 Å². The highest BCUT2D eigenvalue weighted by molar-refractivity contribution is 6.34. The zero-order chi connectivity index (χ0) is 10.8. The van der Waals surface area contributed by atoms with Crippen molar-refractivity contribution in [3.8, 4) is 5.69 Å². The van der Waals surface area contributed by atoms with E-state index in [2.05, 4.69) is 5.10 Å². The number of halogens is 2. The maximum Gasteiger partial charge on any atom is 0.0883 e. The van der Waals surface area contributed by atoms with Crippen molar-refractivity contribution in [1.29, 1.82) is 0 Å². The molecular formula is C10H8Cl2N2O. The third-order valence-electron chi connectivity index (χ3n) is 1.96. The number of hydrogen-bond donors (Lipinski definition) is 1. The number of nitrogens with zero attached hydrogens (tertiary/aromatic N) is 2. The lowest BCUT2D eigenvalue weighted by molar-refractivity contribution is 0.276. The predicted molar refractivity (Wildman–Crippen MR) is 59.5 cm³/mol. The summed E-state index contributed by atoms with van der Waals surface area (Å²) in [5.41, 5.74) is 1.29. The highest BCUT2D eigenvalue weighted by Gasteiger charge is 2.05. The molecule has 1 aromatic carbocycles. The molecule has 0 radical (unpaired) electrons. The molecule has 1 aromatic heterocycles. The van der Waals surface area contributed by atoms with Gasteiger partial charge in [0, 0.05) is 11.2 Å². The second kappa shape index (κ2) is 4.23. The first kappa shape index (κ1) is 10.5. The monoisotopic (exact) mass is 242 g/mol. The third kappa shape index (κ3) is 2.15. The van der Waals surface area contributed by atoms with Gasteiger partial charge in [0.05, 0.1) is 23.0 Å². The van der Waals surface area contributed by atoms with Crippen molar-refractivity contribution < 1.29 is 5.11 Å². The molecule has 1 heterocycles. The summed E-state index contributed by atoms with van der Waals surface area (Å²) in [6, 6.07) is 6.86. The number of rotatable bonds is 2. The van der Waals surface area contributed by atoms with Gasteiger partial charge < -0.3 is 5.11 Å². The number of benzene rings is 1. The summed E-state index contributed by atoms with van der Waals surface area (Å²) in [4.78, 5) is 0. The summed E-state index contributed by atoms with van der Waals surface area (Å²) in [6.07, 6.45) is 1.73. The van der Waals surface area contributed by atoms with Crippen molar-refractivity contribution in [2.75, 3.05) is 0 Å². The van der Waals surface area contributed by atoms with Crippen molar-refractivity contribution in [2.24, 2.45) is 0 Å². The topological polar surface area (TPSA) is 38.0 Å². The van der Waals surface area contributed by atoms with Gasteiger partial charge in [0.1, 0.15) is 0 Å². The van der Waals surface area contributed by atoms with Crippen LogP contribution in [-0.2, 0) is 6.61 Å². The van der Waals surface area contributed by atoms with Crippen LogP contribution < -0.4 is 0 Å². The summed E-state index contributed by atoms with van der Waals surface area (Å²) in [5, 5.41) is 14.2. The Bertz CT molecular complexity index is 482. The number of aliphatic hydroxyl groups excluding tert-OH is 1. The van der Waals surface area contributed by atoms with E-state index in [1.54, 1.807) is 35.1 Å². The first-order chi connectivity index (χ1) is 7.20. The highest BCUT2D eigenvalue weighted by atomic mass is 35.5. The molecule has 0 aliphatic carbocycles. The lowest BCUT2D eigenvalue weighted by Crippen LogP contribution is -1.97. The Morgan fingerprint density at radius 2 is 2.07 bits per heavy atom. The Kier molecular flexibility index (Phi) is 2.95. The van der Waals surface area contributed by atoms with Crippen molar-refractivity contribution in [2.45, 2.75) is 6.61 Å². The molecule has 15 heavy (non-hydrogen) atoms. The molecule has 2 aromatic rings. The Labute approximate surface area is 96.9 Å². The van der Waals surface area contributed by atoms with Gasteiger partial charge in [0.15, 0.2) is 0 Å². The van der Waals surface area contributed by atoms with Crippen LogP contribution in [0.5, 0.6) is 0 Å². The molecule has 0 saturated carbocycles. The van der Waals surface area contributed by atoms with Crippen LogP contribution in [0.1, 0.15) is 5.69 Å². The largest absolute Gasteiger partial charge is 0.390 e. The van der Waals surface area contributed by atoms with Gasteiger partial charge in [-0.15, -0.1) is 0 Å². The maximum atomic E-state index is 8.89. The van der Waals surface area contributed by atoms with Gasteiger partial charge in [0.25, 0.3) is 0 Å². The van der Waals surface area contributed by atoms with E-state index < -0.39 is 0 Å². The van der Waals surface area contributed by atoms with Crippen LogP contribution >= 0.6 is 23.2 Å². The molecule has 3 nitrogen and oxygen atoms in total. The average Bonchev–Trinajstić information content (AvgIpc) is 2.70. The fraction of sp³-hybridized carbons (Fsp3) is 0.100. The van der Waals surface area contributed by atoms with Gasteiger partial charge in [0.2, 0.25) is 0 Å². The lowest BCUT2D eigenvalue weighted by atomic mass is 10.3. The molecular weight excluding hydrogens is 235 g/mol. The van der Waals surface area contributed by atoms with E-state index in [1.807, 2.05) is 0 Å². The molecule has 0 atom stereocenters. The fourth-order valence-corrected chi connectivity index (χ4v) is 1.61. The van der Waals surface area contributed by atoms with Gasteiger partial charge in [-0.2, -0.15) is 5.10 Å². The molecule has 0 fully saturated rings. The highest BCUT2D eigenvalue weighted by Crippen LogP contribution is 2.23. The van der Waals surface area contributed by atoms with Crippen LogP contribution in [0.3, 0.4) is 0 Å².